The van der Waals surface area contributed by atoms with Crippen LogP contribution in [0.4, 0.5) is 28.7 Å². The molecule has 1 aliphatic heterocycles. The molecule has 1 fully saturated rings. The molecule has 1 atom stereocenters. The van der Waals surface area contributed by atoms with Gasteiger partial charge in [-0.3, -0.25) is 9.63 Å². The summed E-state index contributed by atoms with van der Waals surface area (Å²) < 4.78 is 11.0. The zero-order valence-corrected chi connectivity index (χ0v) is 26.9. The molecular weight excluding hydrogens is 584 g/mol. The summed E-state index contributed by atoms with van der Waals surface area (Å²) in [5, 5.41) is 8.11. The van der Waals surface area contributed by atoms with E-state index in [0.29, 0.717) is 41.2 Å². The van der Waals surface area contributed by atoms with Gasteiger partial charge >= 0.3 is 0 Å². The topological polar surface area (TPSA) is 117 Å². The highest BCUT2D eigenvalue weighted by Gasteiger charge is 2.29. The molecule has 1 saturated heterocycles. The second-order valence-electron chi connectivity index (χ2n) is 11.1. The number of methoxy groups -OCH3 is 2. The normalized spacial score (nSPS) is 14.2. The van der Waals surface area contributed by atoms with Crippen molar-refractivity contribution in [1.82, 2.24) is 19.9 Å². The van der Waals surface area contributed by atoms with Crippen LogP contribution in [-0.4, -0.2) is 80.8 Å². The molecule has 1 amide bonds. The maximum atomic E-state index is 12.4. The number of carbonyl (C=O) groups is 1. The van der Waals surface area contributed by atoms with E-state index in [1.165, 1.54) is 12.4 Å². The van der Waals surface area contributed by atoms with Gasteiger partial charge in [-0.05, 0) is 49.5 Å². The highest BCUT2D eigenvalue weighted by atomic mass is 16.7. The summed E-state index contributed by atoms with van der Waals surface area (Å²) in [6.07, 6.45) is 5.33. The maximum absolute atomic E-state index is 12.4. The number of aromatic nitrogens is 3. The summed E-state index contributed by atoms with van der Waals surface area (Å²) in [6, 6.07) is 17.7. The molecule has 1 aliphatic rings. The third kappa shape index (κ3) is 7.53. The third-order valence-corrected chi connectivity index (χ3v) is 7.65. The number of carbonyl (C=O) groups excluding carboxylic acids is 1. The zero-order valence-electron chi connectivity index (χ0n) is 26.9. The van der Waals surface area contributed by atoms with Gasteiger partial charge in [-0.25, -0.2) is 20.0 Å². The van der Waals surface area contributed by atoms with Crippen LogP contribution in [0.3, 0.4) is 0 Å². The highest BCUT2D eigenvalue weighted by Crippen LogP contribution is 2.39. The fourth-order valence-corrected chi connectivity index (χ4v) is 5.17. The maximum Gasteiger partial charge on any atom is 0.247 e. The van der Waals surface area contributed by atoms with E-state index >= 15 is 0 Å². The van der Waals surface area contributed by atoms with Crippen molar-refractivity contribution in [1.29, 1.82) is 0 Å². The monoisotopic (exact) mass is 624 g/mol. The molecule has 240 valence electrons. The smallest absolute Gasteiger partial charge is 0.247 e. The second-order valence-corrected chi connectivity index (χ2v) is 11.1. The average molecular weight is 625 g/mol. The second kappa shape index (κ2) is 14.7. The van der Waals surface area contributed by atoms with E-state index in [9.17, 15) is 4.79 Å². The number of nitrogens with one attached hydrogen (secondary N) is 2. The lowest BCUT2D eigenvalue weighted by atomic mass is 9.99. The quantitative estimate of drug-likeness (QED) is 0.189. The first-order valence-corrected chi connectivity index (χ1v) is 14.9. The van der Waals surface area contributed by atoms with Gasteiger partial charge in [-0.1, -0.05) is 24.8 Å². The van der Waals surface area contributed by atoms with Crippen LogP contribution in [0.5, 0.6) is 11.6 Å². The summed E-state index contributed by atoms with van der Waals surface area (Å²) >= 11 is 0. The predicted molar refractivity (Wildman–Crippen MR) is 181 cm³/mol. The molecule has 4 aromatic rings. The van der Waals surface area contributed by atoms with E-state index in [-0.39, 0.29) is 11.9 Å². The van der Waals surface area contributed by atoms with E-state index in [4.69, 9.17) is 14.3 Å². The standard InChI is InChI=1S/C34H40N8O4/c1-7-33(43)39-26-18-27(30(44-5)19-29(26)41(4)15-14-40(2)3)38-31-20-32(37-22-36-31)42-28(13-16-46-42)24-10-8-9-23(17-24)25-11-12-34(45-6)35-21-25/h7-12,17-22,28H,1,13-16H2,2-6H3,(H,39,43)(H,36,37,38)/t28-/m1/s1. The zero-order chi connectivity index (χ0) is 32.6. The van der Waals surface area contributed by atoms with Gasteiger partial charge in [0.1, 0.15) is 17.9 Å². The molecule has 0 unspecified atom stereocenters. The van der Waals surface area contributed by atoms with Crippen LogP contribution >= 0.6 is 0 Å². The average Bonchev–Trinajstić information content (AvgIpc) is 3.58. The number of ether oxygens (including phenoxy) is 2. The molecule has 12 heteroatoms. The van der Waals surface area contributed by atoms with Crippen molar-refractivity contribution >= 4 is 34.6 Å². The van der Waals surface area contributed by atoms with Crippen molar-refractivity contribution in [2.45, 2.75) is 12.5 Å². The third-order valence-electron chi connectivity index (χ3n) is 7.65. The summed E-state index contributed by atoms with van der Waals surface area (Å²) in [7, 11) is 9.22. The molecule has 2 aromatic carbocycles. The fraction of sp³-hybridized carbons (Fsp3) is 0.294. The van der Waals surface area contributed by atoms with Crippen LogP contribution in [0.2, 0.25) is 0 Å². The van der Waals surface area contributed by atoms with Gasteiger partial charge in [0, 0.05) is 56.5 Å². The molecule has 2 aromatic heterocycles. The lowest BCUT2D eigenvalue weighted by Gasteiger charge is -2.26. The number of hydroxylamine groups is 1. The molecule has 0 saturated carbocycles. The van der Waals surface area contributed by atoms with E-state index in [1.807, 2.05) is 62.6 Å². The Hall–Kier alpha value is -5.20. The first-order valence-electron chi connectivity index (χ1n) is 14.9. The Balaban J connectivity index is 1.41. The van der Waals surface area contributed by atoms with Crippen LogP contribution in [-0.2, 0) is 9.63 Å². The Morgan fingerprint density at radius 1 is 1.02 bits per heavy atom. The Morgan fingerprint density at radius 3 is 2.59 bits per heavy atom. The minimum absolute atomic E-state index is 0.0545. The Kier molecular flexibility index (Phi) is 10.3. The predicted octanol–water partition coefficient (Wildman–Crippen LogP) is 5.30. The SMILES string of the molecule is C=CC(=O)Nc1cc(Nc2cc(N3OCC[C@@H]3c3cccc(-c4ccc(OC)nc4)c3)ncn2)c(OC)cc1N(C)CCN(C)C. The number of hydrogen-bond acceptors (Lipinski definition) is 11. The molecular formula is C34H40N8O4. The summed E-state index contributed by atoms with van der Waals surface area (Å²) in [5.74, 6) is 1.99. The van der Waals surface area contributed by atoms with Crippen LogP contribution in [0.25, 0.3) is 11.1 Å². The lowest BCUT2D eigenvalue weighted by Crippen LogP contribution is -2.29. The van der Waals surface area contributed by atoms with E-state index < -0.39 is 0 Å². The Morgan fingerprint density at radius 2 is 1.87 bits per heavy atom. The number of anilines is 5. The number of amides is 1. The first-order chi connectivity index (χ1) is 22.3. The van der Waals surface area contributed by atoms with Gasteiger partial charge in [0.2, 0.25) is 11.8 Å². The number of hydrogen-bond donors (Lipinski definition) is 2. The molecule has 0 spiro atoms. The van der Waals surface area contributed by atoms with Gasteiger partial charge in [0.15, 0.2) is 5.82 Å². The Bertz CT molecular complexity index is 1660. The van der Waals surface area contributed by atoms with Crippen molar-refractivity contribution in [2.75, 3.05) is 75.7 Å². The van der Waals surface area contributed by atoms with Crippen molar-refractivity contribution in [3.05, 3.63) is 85.3 Å². The van der Waals surface area contributed by atoms with Crippen LogP contribution in [0.15, 0.2) is 79.8 Å². The minimum Gasteiger partial charge on any atom is -0.494 e. The van der Waals surface area contributed by atoms with Crippen LogP contribution in [0.1, 0.15) is 18.0 Å². The number of benzene rings is 2. The summed E-state index contributed by atoms with van der Waals surface area (Å²) in [6.45, 7) is 5.73. The van der Waals surface area contributed by atoms with Crippen molar-refractivity contribution in [3.8, 4) is 22.8 Å². The molecule has 5 rings (SSSR count). The van der Waals surface area contributed by atoms with Crippen LogP contribution < -0.4 is 30.1 Å². The van der Waals surface area contributed by atoms with Gasteiger partial charge in [0.05, 0.1) is 43.9 Å². The molecule has 46 heavy (non-hydrogen) atoms. The first kappa shape index (κ1) is 32.2. The number of rotatable bonds is 13. The molecule has 3 heterocycles. The van der Waals surface area contributed by atoms with E-state index in [2.05, 4.69) is 60.2 Å². The molecule has 2 N–H and O–H groups in total. The molecule has 0 bridgehead atoms. The minimum atomic E-state index is -0.313. The van der Waals surface area contributed by atoms with E-state index in [0.717, 1.165) is 41.9 Å². The van der Waals surface area contributed by atoms with Crippen molar-refractivity contribution < 1.29 is 19.1 Å². The molecule has 0 radical (unpaired) electrons. The van der Waals surface area contributed by atoms with Crippen LogP contribution in [0, 0.1) is 0 Å². The van der Waals surface area contributed by atoms with Gasteiger partial charge in [0.25, 0.3) is 0 Å². The van der Waals surface area contributed by atoms with Gasteiger partial charge < -0.3 is 29.9 Å². The summed E-state index contributed by atoms with van der Waals surface area (Å²) in [4.78, 5) is 36.0. The number of pyridine rings is 1. The summed E-state index contributed by atoms with van der Waals surface area (Å²) in [5.41, 5.74) is 5.18. The fourth-order valence-electron chi connectivity index (χ4n) is 5.17. The number of likely N-dealkylation sites (N-methyl/N-ethyl adjacent to an activating group) is 2. The van der Waals surface area contributed by atoms with Gasteiger partial charge in [-0.15, -0.1) is 0 Å². The molecule has 12 nitrogen and oxygen atoms in total. The molecule has 0 aliphatic carbocycles. The number of nitrogens with zero attached hydrogens (tertiary/aromatic N) is 6. The van der Waals surface area contributed by atoms with E-state index in [1.54, 1.807) is 20.4 Å². The van der Waals surface area contributed by atoms with Crippen molar-refractivity contribution in [2.24, 2.45) is 0 Å². The lowest BCUT2D eigenvalue weighted by molar-refractivity contribution is -0.111. The van der Waals surface area contributed by atoms with Crippen molar-refractivity contribution in [3.63, 3.8) is 0 Å². The highest BCUT2D eigenvalue weighted by molar-refractivity contribution is 6.02. The Labute approximate surface area is 269 Å². The van der Waals surface area contributed by atoms with Gasteiger partial charge in [-0.2, -0.15) is 0 Å². The largest absolute Gasteiger partial charge is 0.494 e.